The molecule has 0 saturated heterocycles. The van der Waals surface area contributed by atoms with Crippen molar-refractivity contribution in [1.82, 2.24) is 9.55 Å². The molecule has 0 aliphatic carbocycles. The van der Waals surface area contributed by atoms with Crippen LogP contribution in [-0.2, 0) is 0 Å². The zero-order chi connectivity index (χ0) is 32.6. The first-order valence-corrected chi connectivity index (χ1v) is 16.7. The van der Waals surface area contributed by atoms with Gasteiger partial charge in [0.25, 0.3) is 0 Å². The number of para-hydroxylation sites is 4. The van der Waals surface area contributed by atoms with E-state index in [1.54, 1.807) is 0 Å². The Morgan fingerprint density at radius 1 is 0.388 bits per heavy atom. The fourth-order valence-electron chi connectivity index (χ4n) is 7.03. The molecule has 0 spiro atoms. The summed E-state index contributed by atoms with van der Waals surface area (Å²) >= 11 is 0. The van der Waals surface area contributed by atoms with Gasteiger partial charge in [-0.25, -0.2) is 0 Å². The maximum atomic E-state index is 3.77. The van der Waals surface area contributed by atoms with E-state index in [1.807, 2.05) is 0 Å². The summed E-state index contributed by atoms with van der Waals surface area (Å²) in [6, 6.07) is 69.5. The van der Waals surface area contributed by atoms with E-state index >= 15 is 0 Å². The van der Waals surface area contributed by atoms with Gasteiger partial charge < -0.3 is 14.5 Å². The van der Waals surface area contributed by atoms with Crippen molar-refractivity contribution in [2.45, 2.75) is 0 Å². The fraction of sp³-hybridized carbons (Fsp3) is 0. The van der Waals surface area contributed by atoms with Crippen LogP contribution >= 0.6 is 0 Å². The predicted molar refractivity (Wildman–Crippen MR) is 208 cm³/mol. The standard InChI is InChI=1S/C46H33N3/c1-4-16-37(17-5-1)48(38-18-6-2-7-19-38)40-22-12-14-33(29-40)35-28-34-26-27-42-32-44(34)45(30-35)43-24-10-11-25-46(43)47-36-15-13-23-41(31-36)49(42)39-20-8-3-9-21-39/h1-32,47H. The van der Waals surface area contributed by atoms with Crippen LogP contribution in [0.4, 0.5) is 17.1 Å². The molecule has 232 valence electrons. The quantitative estimate of drug-likeness (QED) is 0.202. The molecule has 3 heteroatoms. The molecule has 0 aliphatic rings. The maximum Gasteiger partial charge on any atom is 0.0482 e. The Morgan fingerprint density at radius 3 is 1.82 bits per heavy atom. The number of nitrogens with zero attached hydrogens (tertiary/aromatic N) is 2. The van der Waals surface area contributed by atoms with Crippen LogP contribution in [0.3, 0.4) is 0 Å². The summed E-state index contributed by atoms with van der Waals surface area (Å²) in [5, 5.41) is 4.75. The van der Waals surface area contributed by atoms with Crippen molar-refractivity contribution >= 4 is 60.7 Å². The third-order valence-corrected chi connectivity index (χ3v) is 9.28. The van der Waals surface area contributed by atoms with E-state index in [4.69, 9.17) is 0 Å². The Hall–Kier alpha value is -6.58. The van der Waals surface area contributed by atoms with Gasteiger partial charge in [-0.15, -0.1) is 0 Å². The SMILES string of the molecule is c1ccc(N(c2ccccc2)c2cccc(-c3cc4ccc5cc4c(c3)c3ccccc3[nH]c3cccc(c3)n5-c3ccccc3)c2)cc1. The second-order valence-electron chi connectivity index (χ2n) is 12.4. The molecule has 0 unspecified atom stereocenters. The molecular weight excluding hydrogens is 595 g/mol. The molecule has 9 rings (SSSR count). The third-order valence-electron chi connectivity index (χ3n) is 9.28. The van der Waals surface area contributed by atoms with Crippen LogP contribution < -0.4 is 4.90 Å². The van der Waals surface area contributed by atoms with Gasteiger partial charge in [0.2, 0.25) is 0 Å². The zero-order valence-corrected chi connectivity index (χ0v) is 26.9. The normalized spacial score (nSPS) is 11.3. The largest absolute Gasteiger partial charge is 0.355 e. The molecule has 0 aliphatic heterocycles. The first-order chi connectivity index (χ1) is 24.3. The molecule has 49 heavy (non-hydrogen) atoms. The topological polar surface area (TPSA) is 24.0 Å². The summed E-state index contributed by atoms with van der Waals surface area (Å²) in [6.07, 6.45) is 0. The van der Waals surface area contributed by atoms with Gasteiger partial charge in [-0.05, 0) is 124 Å². The number of aromatic amines is 1. The lowest BCUT2D eigenvalue weighted by Gasteiger charge is -2.26. The molecule has 1 aromatic heterocycles. The lowest BCUT2D eigenvalue weighted by Crippen LogP contribution is -2.09. The molecule has 0 amide bonds. The second kappa shape index (κ2) is 12.2. The highest BCUT2D eigenvalue weighted by atomic mass is 15.1. The van der Waals surface area contributed by atoms with Crippen LogP contribution in [0.2, 0.25) is 0 Å². The number of nitrogens with one attached hydrogen (secondary N) is 1. The Balaban J connectivity index is 1.33. The minimum absolute atomic E-state index is 1.04. The van der Waals surface area contributed by atoms with Gasteiger partial charge in [0.05, 0.1) is 0 Å². The Kier molecular flexibility index (Phi) is 7.14. The number of aromatic nitrogens is 2. The number of fused-ring (bicyclic) bond motifs is 5. The lowest BCUT2D eigenvalue weighted by atomic mass is 9.96. The van der Waals surface area contributed by atoms with Crippen LogP contribution in [-0.4, -0.2) is 9.55 Å². The van der Waals surface area contributed by atoms with E-state index in [1.165, 1.54) is 21.7 Å². The predicted octanol–water partition coefficient (Wildman–Crippen LogP) is 12.7. The Labute approximate surface area is 285 Å². The number of hydrogen-bond donors (Lipinski definition) is 1. The molecule has 4 bridgehead atoms. The van der Waals surface area contributed by atoms with E-state index in [9.17, 15) is 0 Å². The average molecular weight is 628 g/mol. The molecule has 0 radical (unpaired) electrons. The van der Waals surface area contributed by atoms with Crippen molar-refractivity contribution in [2.24, 2.45) is 0 Å². The highest BCUT2D eigenvalue weighted by Crippen LogP contribution is 2.38. The van der Waals surface area contributed by atoms with Crippen molar-refractivity contribution < 1.29 is 0 Å². The average Bonchev–Trinajstić information content (AvgIpc) is 3.17. The number of hydrogen-bond acceptors (Lipinski definition) is 1. The minimum atomic E-state index is 1.04. The first-order valence-electron chi connectivity index (χ1n) is 16.7. The molecule has 9 aromatic rings. The van der Waals surface area contributed by atoms with Crippen molar-refractivity contribution in [2.75, 3.05) is 4.90 Å². The zero-order valence-electron chi connectivity index (χ0n) is 26.9. The third kappa shape index (κ3) is 5.38. The van der Waals surface area contributed by atoms with Gasteiger partial charge in [0.15, 0.2) is 0 Å². The Morgan fingerprint density at radius 2 is 1.04 bits per heavy atom. The van der Waals surface area contributed by atoms with E-state index in [2.05, 4.69) is 209 Å². The van der Waals surface area contributed by atoms with Gasteiger partial charge in [-0.3, -0.25) is 0 Å². The van der Waals surface area contributed by atoms with Gasteiger partial charge in [-0.1, -0.05) is 97.1 Å². The van der Waals surface area contributed by atoms with Crippen LogP contribution in [0.1, 0.15) is 0 Å². The number of H-pyrrole nitrogens is 1. The van der Waals surface area contributed by atoms with E-state index in [-0.39, 0.29) is 0 Å². The van der Waals surface area contributed by atoms with Gasteiger partial charge >= 0.3 is 0 Å². The molecule has 8 aromatic carbocycles. The highest BCUT2D eigenvalue weighted by Gasteiger charge is 2.14. The summed E-state index contributed by atoms with van der Waals surface area (Å²) in [6.45, 7) is 0. The van der Waals surface area contributed by atoms with Crippen LogP contribution in [0, 0.1) is 0 Å². The molecular formula is C46H33N3. The van der Waals surface area contributed by atoms with E-state index < -0.39 is 0 Å². The van der Waals surface area contributed by atoms with E-state index in [0.717, 1.165) is 55.8 Å². The minimum Gasteiger partial charge on any atom is -0.355 e. The van der Waals surface area contributed by atoms with Gasteiger partial charge in [-0.2, -0.15) is 0 Å². The fourth-order valence-corrected chi connectivity index (χ4v) is 7.03. The van der Waals surface area contributed by atoms with Crippen LogP contribution in [0.5, 0.6) is 0 Å². The molecule has 1 heterocycles. The highest BCUT2D eigenvalue weighted by molar-refractivity contribution is 6.13. The summed E-state index contributed by atoms with van der Waals surface area (Å²) in [5.74, 6) is 0. The molecule has 0 fully saturated rings. The molecule has 0 atom stereocenters. The van der Waals surface area contributed by atoms with Crippen LogP contribution in [0.15, 0.2) is 194 Å². The lowest BCUT2D eigenvalue weighted by molar-refractivity contribution is 1.16. The van der Waals surface area contributed by atoms with Gasteiger partial charge in [0.1, 0.15) is 0 Å². The van der Waals surface area contributed by atoms with Gasteiger partial charge in [0, 0.05) is 50.2 Å². The summed E-state index contributed by atoms with van der Waals surface area (Å²) in [7, 11) is 0. The van der Waals surface area contributed by atoms with Crippen LogP contribution in [0.25, 0.3) is 60.4 Å². The summed E-state index contributed by atoms with van der Waals surface area (Å²) < 4.78 is 2.34. The molecule has 1 N–H and O–H groups in total. The molecule has 3 nitrogen and oxygen atoms in total. The Bertz CT molecular complexity index is 2610. The number of benzene rings is 8. The first kappa shape index (κ1) is 28.6. The van der Waals surface area contributed by atoms with Crippen molar-refractivity contribution in [3.05, 3.63) is 194 Å². The molecule has 0 saturated carbocycles. The van der Waals surface area contributed by atoms with Crippen molar-refractivity contribution in [1.29, 1.82) is 0 Å². The summed E-state index contributed by atoms with van der Waals surface area (Å²) in [5.41, 5.74) is 11.1. The smallest absolute Gasteiger partial charge is 0.0482 e. The van der Waals surface area contributed by atoms with Crippen molar-refractivity contribution in [3.8, 4) is 16.8 Å². The number of rotatable bonds is 5. The summed E-state index contributed by atoms with van der Waals surface area (Å²) in [4.78, 5) is 6.09. The maximum absolute atomic E-state index is 3.77. The van der Waals surface area contributed by atoms with Crippen molar-refractivity contribution in [3.63, 3.8) is 0 Å². The monoisotopic (exact) mass is 627 g/mol. The van der Waals surface area contributed by atoms with E-state index in [0.29, 0.717) is 0 Å². The number of anilines is 3. The second-order valence-corrected chi connectivity index (χ2v) is 12.4.